The zero-order valence-corrected chi connectivity index (χ0v) is 13.6. The van der Waals surface area contributed by atoms with Crippen LogP contribution in [0.3, 0.4) is 0 Å². The molecule has 1 N–H and O–H groups in total. The molecule has 1 aliphatic heterocycles. The molecule has 6 nitrogen and oxygen atoms in total. The van der Waals surface area contributed by atoms with E-state index in [4.69, 9.17) is 9.84 Å². The van der Waals surface area contributed by atoms with Gasteiger partial charge < -0.3 is 19.6 Å². The van der Waals surface area contributed by atoms with Gasteiger partial charge in [-0.1, -0.05) is 0 Å². The Morgan fingerprint density at radius 2 is 2.00 bits per heavy atom. The quantitative estimate of drug-likeness (QED) is 0.843. The standard InChI is InChI=1S/C15H28N2O4/c1-15(2,3)17(8-7-13(18)19)14(20)16(4)10-12-6-5-9-21-11-12/h12H,5-11H2,1-4H3,(H,18,19). The summed E-state index contributed by atoms with van der Waals surface area (Å²) in [5.41, 5.74) is -0.399. The number of carbonyl (C=O) groups excluding carboxylic acids is 1. The molecule has 0 spiro atoms. The molecule has 1 fully saturated rings. The van der Waals surface area contributed by atoms with Crippen LogP contribution in [0.4, 0.5) is 4.79 Å². The van der Waals surface area contributed by atoms with Crippen LogP contribution in [0.15, 0.2) is 0 Å². The highest BCUT2D eigenvalue weighted by molar-refractivity contribution is 5.76. The average molecular weight is 300 g/mol. The van der Waals surface area contributed by atoms with Crippen molar-refractivity contribution in [2.75, 3.05) is 33.4 Å². The zero-order chi connectivity index (χ0) is 16.0. The van der Waals surface area contributed by atoms with Crippen molar-refractivity contribution in [3.8, 4) is 0 Å². The Balaban J connectivity index is 2.62. The number of hydrogen-bond acceptors (Lipinski definition) is 3. The van der Waals surface area contributed by atoms with Crippen molar-refractivity contribution in [2.24, 2.45) is 5.92 Å². The van der Waals surface area contributed by atoms with E-state index in [0.717, 1.165) is 19.4 Å². The Morgan fingerprint density at radius 1 is 1.33 bits per heavy atom. The summed E-state index contributed by atoms with van der Waals surface area (Å²) < 4.78 is 5.44. The van der Waals surface area contributed by atoms with Gasteiger partial charge in [-0.25, -0.2) is 4.79 Å². The Kier molecular flexibility index (Phi) is 6.45. The molecular formula is C15H28N2O4. The predicted octanol–water partition coefficient (Wildman–Crippen LogP) is 2.04. The lowest BCUT2D eigenvalue weighted by atomic mass is 10.0. The summed E-state index contributed by atoms with van der Waals surface area (Å²) in [6, 6.07) is -0.116. The van der Waals surface area contributed by atoms with Crippen LogP contribution in [0.2, 0.25) is 0 Å². The minimum Gasteiger partial charge on any atom is -0.481 e. The lowest BCUT2D eigenvalue weighted by Crippen LogP contribution is -2.52. The number of amides is 2. The van der Waals surface area contributed by atoms with Crippen LogP contribution in [-0.4, -0.2) is 65.8 Å². The van der Waals surface area contributed by atoms with Crippen LogP contribution in [-0.2, 0) is 9.53 Å². The molecule has 21 heavy (non-hydrogen) atoms. The normalized spacial score (nSPS) is 19.1. The molecule has 1 heterocycles. The van der Waals surface area contributed by atoms with Gasteiger partial charge in [0.2, 0.25) is 0 Å². The molecule has 1 saturated heterocycles. The van der Waals surface area contributed by atoms with E-state index in [1.165, 1.54) is 0 Å². The number of aliphatic carboxylic acids is 1. The molecule has 1 aliphatic rings. The van der Waals surface area contributed by atoms with E-state index >= 15 is 0 Å². The molecule has 0 aromatic carbocycles. The number of rotatable bonds is 5. The molecule has 1 unspecified atom stereocenters. The SMILES string of the molecule is CN(CC1CCCOC1)C(=O)N(CCC(=O)O)C(C)(C)C. The smallest absolute Gasteiger partial charge is 0.320 e. The molecule has 0 aliphatic carbocycles. The summed E-state index contributed by atoms with van der Waals surface area (Å²) in [6.45, 7) is 8.14. The molecule has 1 atom stereocenters. The predicted molar refractivity (Wildman–Crippen MR) is 80.3 cm³/mol. The highest BCUT2D eigenvalue weighted by Crippen LogP contribution is 2.19. The van der Waals surface area contributed by atoms with Gasteiger partial charge in [0, 0.05) is 38.2 Å². The molecule has 2 amide bonds. The first kappa shape index (κ1) is 17.8. The molecular weight excluding hydrogens is 272 g/mol. The van der Waals surface area contributed by atoms with Crippen molar-refractivity contribution in [1.82, 2.24) is 9.80 Å². The molecule has 0 aromatic heterocycles. The highest BCUT2D eigenvalue weighted by atomic mass is 16.5. The van der Waals surface area contributed by atoms with Crippen molar-refractivity contribution < 1.29 is 19.4 Å². The van der Waals surface area contributed by atoms with E-state index in [0.29, 0.717) is 19.1 Å². The Hall–Kier alpha value is -1.30. The fourth-order valence-electron chi connectivity index (χ4n) is 2.55. The van der Waals surface area contributed by atoms with E-state index in [-0.39, 0.29) is 19.0 Å². The van der Waals surface area contributed by atoms with Crippen LogP contribution < -0.4 is 0 Å². The van der Waals surface area contributed by atoms with E-state index in [9.17, 15) is 9.59 Å². The molecule has 0 saturated carbocycles. The number of hydrogen-bond donors (Lipinski definition) is 1. The highest BCUT2D eigenvalue weighted by Gasteiger charge is 2.30. The van der Waals surface area contributed by atoms with Gasteiger partial charge >= 0.3 is 12.0 Å². The molecule has 1 rings (SSSR count). The lowest BCUT2D eigenvalue weighted by Gasteiger charge is -2.39. The molecule has 6 heteroatoms. The number of carboxylic acids is 1. The fourth-order valence-corrected chi connectivity index (χ4v) is 2.55. The lowest BCUT2D eigenvalue weighted by molar-refractivity contribution is -0.137. The molecule has 0 bridgehead atoms. The minimum absolute atomic E-state index is 0.0383. The summed E-state index contributed by atoms with van der Waals surface area (Å²) in [4.78, 5) is 26.7. The largest absolute Gasteiger partial charge is 0.481 e. The van der Waals surface area contributed by atoms with Crippen molar-refractivity contribution in [3.05, 3.63) is 0 Å². The van der Waals surface area contributed by atoms with E-state index in [2.05, 4.69) is 0 Å². The molecule has 122 valence electrons. The van der Waals surface area contributed by atoms with E-state index in [1.54, 1.807) is 16.8 Å². The van der Waals surface area contributed by atoms with Gasteiger partial charge in [0.05, 0.1) is 13.0 Å². The van der Waals surface area contributed by atoms with Crippen LogP contribution in [0, 0.1) is 5.92 Å². The molecule has 0 aromatic rings. The number of carbonyl (C=O) groups is 2. The van der Waals surface area contributed by atoms with Crippen LogP contribution in [0.5, 0.6) is 0 Å². The second-order valence-electron chi connectivity index (χ2n) is 6.71. The van der Waals surface area contributed by atoms with Gasteiger partial charge in [-0.05, 0) is 33.6 Å². The van der Waals surface area contributed by atoms with Crippen LogP contribution in [0.25, 0.3) is 0 Å². The third-order valence-electron chi connectivity index (χ3n) is 3.70. The van der Waals surface area contributed by atoms with Crippen molar-refractivity contribution in [2.45, 2.75) is 45.6 Å². The first-order chi connectivity index (χ1) is 9.71. The second-order valence-corrected chi connectivity index (χ2v) is 6.71. The zero-order valence-electron chi connectivity index (χ0n) is 13.6. The second kappa shape index (κ2) is 7.64. The Labute approximate surface area is 127 Å². The van der Waals surface area contributed by atoms with Gasteiger partial charge in [-0.3, -0.25) is 4.79 Å². The van der Waals surface area contributed by atoms with Crippen molar-refractivity contribution in [3.63, 3.8) is 0 Å². The number of carboxylic acid groups (broad SMARTS) is 1. The average Bonchev–Trinajstić information content (AvgIpc) is 2.37. The van der Waals surface area contributed by atoms with Gasteiger partial charge in [0.25, 0.3) is 0 Å². The summed E-state index contributed by atoms with van der Waals surface area (Å²) in [5.74, 6) is -0.519. The maximum absolute atomic E-state index is 12.6. The third-order valence-corrected chi connectivity index (χ3v) is 3.70. The van der Waals surface area contributed by atoms with Gasteiger partial charge in [-0.2, -0.15) is 0 Å². The Morgan fingerprint density at radius 3 is 2.48 bits per heavy atom. The summed E-state index contributed by atoms with van der Waals surface area (Å²) >= 11 is 0. The fraction of sp³-hybridized carbons (Fsp3) is 0.867. The Bertz CT molecular complexity index is 359. The monoisotopic (exact) mass is 300 g/mol. The van der Waals surface area contributed by atoms with E-state index in [1.807, 2.05) is 20.8 Å². The third kappa shape index (κ3) is 5.91. The number of ether oxygens (including phenoxy) is 1. The first-order valence-electron chi connectivity index (χ1n) is 7.54. The van der Waals surface area contributed by atoms with Crippen molar-refractivity contribution in [1.29, 1.82) is 0 Å². The van der Waals surface area contributed by atoms with Crippen LogP contribution >= 0.6 is 0 Å². The number of nitrogens with zero attached hydrogens (tertiary/aromatic N) is 2. The number of urea groups is 1. The minimum atomic E-state index is -0.889. The topological polar surface area (TPSA) is 70.1 Å². The first-order valence-corrected chi connectivity index (χ1v) is 7.54. The summed E-state index contributed by atoms with van der Waals surface area (Å²) in [7, 11) is 1.77. The maximum Gasteiger partial charge on any atom is 0.320 e. The van der Waals surface area contributed by atoms with Gasteiger partial charge in [0.15, 0.2) is 0 Å². The summed E-state index contributed by atoms with van der Waals surface area (Å²) in [5, 5.41) is 8.84. The van der Waals surface area contributed by atoms with Crippen LogP contribution in [0.1, 0.15) is 40.0 Å². The van der Waals surface area contributed by atoms with E-state index < -0.39 is 11.5 Å². The van der Waals surface area contributed by atoms with Crippen molar-refractivity contribution >= 4 is 12.0 Å². The molecule has 0 radical (unpaired) electrons. The maximum atomic E-state index is 12.6. The summed E-state index contributed by atoms with van der Waals surface area (Å²) in [6.07, 6.45) is 2.07. The van der Waals surface area contributed by atoms with Gasteiger partial charge in [-0.15, -0.1) is 0 Å². The van der Waals surface area contributed by atoms with Gasteiger partial charge in [0.1, 0.15) is 0 Å².